The van der Waals surface area contributed by atoms with E-state index in [1.807, 2.05) is 6.92 Å². The highest BCUT2D eigenvalue weighted by Crippen LogP contribution is 2.40. The summed E-state index contributed by atoms with van der Waals surface area (Å²) in [6.07, 6.45) is 0. The number of halogens is 2. The molecule has 0 unspecified atom stereocenters. The van der Waals surface area contributed by atoms with Crippen LogP contribution in [0.2, 0.25) is 0 Å². The lowest BCUT2D eigenvalue weighted by Gasteiger charge is -2.13. The third-order valence-electron chi connectivity index (χ3n) is 2.95. The summed E-state index contributed by atoms with van der Waals surface area (Å²) >= 11 is 6.49. The van der Waals surface area contributed by atoms with Crippen molar-refractivity contribution in [2.24, 2.45) is 0 Å². The van der Waals surface area contributed by atoms with Crippen LogP contribution in [-0.2, 0) is 10.0 Å². The van der Waals surface area contributed by atoms with Gasteiger partial charge in [-0.2, -0.15) is 0 Å². The molecule has 0 saturated carbocycles. The molecular formula is C14H13Br2NO3S. The molecule has 2 aromatic carbocycles. The molecule has 0 fully saturated rings. The summed E-state index contributed by atoms with van der Waals surface area (Å²) in [5, 5.41) is 9.80. The molecule has 0 aliphatic heterocycles. The molecule has 0 aromatic heterocycles. The smallest absolute Gasteiger partial charge is 0.261 e. The van der Waals surface area contributed by atoms with Gasteiger partial charge in [-0.05, 0) is 69.5 Å². The molecule has 0 aliphatic carbocycles. The number of benzene rings is 2. The van der Waals surface area contributed by atoms with Gasteiger partial charge in [0.15, 0.2) is 0 Å². The second kappa shape index (κ2) is 5.98. The van der Waals surface area contributed by atoms with Gasteiger partial charge in [-0.15, -0.1) is 0 Å². The summed E-state index contributed by atoms with van der Waals surface area (Å²) in [5.41, 5.74) is 1.91. The maximum Gasteiger partial charge on any atom is 0.261 e. The second-order valence-electron chi connectivity index (χ2n) is 4.64. The molecule has 2 N–H and O–H groups in total. The molecule has 0 amide bonds. The van der Waals surface area contributed by atoms with Crippen LogP contribution in [0.4, 0.5) is 5.69 Å². The van der Waals surface area contributed by atoms with Crippen molar-refractivity contribution in [2.75, 3.05) is 4.72 Å². The first kappa shape index (κ1) is 16.3. The number of sulfonamides is 1. The van der Waals surface area contributed by atoms with Gasteiger partial charge in [0, 0.05) is 0 Å². The lowest BCUT2D eigenvalue weighted by molar-refractivity contribution is 0.467. The normalized spacial score (nSPS) is 11.4. The number of aromatic hydroxyl groups is 1. The van der Waals surface area contributed by atoms with Crippen molar-refractivity contribution in [2.45, 2.75) is 18.7 Å². The van der Waals surface area contributed by atoms with Crippen LogP contribution in [0.1, 0.15) is 11.1 Å². The van der Waals surface area contributed by atoms with Crippen LogP contribution >= 0.6 is 31.9 Å². The van der Waals surface area contributed by atoms with E-state index in [0.717, 1.165) is 5.56 Å². The summed E-state index contributed by atoms with van der Waals surface area (Å²) in [4.78, 5) is 0.182. The number of phenolic OH excluding ortho intramolecular Hbond substituents is 1. The zero-order chi connectivity index (χ0) is 15.8. The zero-order valence-corrected chi connectivity index (χ0v) is 15.3. The van der Waals surface area contributed by atoms with Crippen LogP contribution in [0.15, 0.2) is 44.2 Å². The average molecular weight is 435 g/mol. The van der Waals surface area contributed by atoms with Gasteiger partial charge in [-0.3, -0.25) is 4.72 Å². The molecule has 2 aromatic rings. The molecule has 4 nitrogen and oxygen atoms in total. The Morgan fingerprint density at radius 3 is 2.19 bits per heavy atom. The Morgan fingerprint density at radius 2 is 1.62 bits per heavy atom. The lowest BCUT2D eigenvalue weighted by atomic mass is 10.2. The first-order valence-corrected chi connectivity index (χ1v) is 9.06. The van der Waals surface area contributed by atoms with Crippen LogP contribution in [0.5, 0.6) is 5.75 Å². The Morgan fingerprint density at radius 1 is 1.05 bits per heavy atom. The third kappa shape index (κ3) is 3.41. The van der Waals surface area contributed by atoms with Gasteiger partial charge in [-0.25, -0.2) is 8.42 Å². The monoisotopic (exact) mass is 433 g/mol. The lowest BCUT2D eigenvalue weighted by Crippen LogP contribution is -2.13. The number of hydrogen-bond donors (Lipinski definition) is 2. The Hall–Kier alpha value is -1.05. The first-order chi connectivity index (χ1) is 9.72. The van der Waals surface area contributed by atoms with Gasteiger partial charge in [-0.1, -0.05) is 17.7 Å². The number of nitrogens with one attached hydrogen (secondary N) is 1. The van der Waals surface area contributed by atoms with E-state index in [0.29, 0.717) is 20.2 Å². The minimum Gasteiger partial charge on any atom is -0.506 e. The van der Waals surface area contributed by atoms with Crippen LogP contribution < -0.4 is 4.72 Å². The molecule has 7 heteroatoms. The van der Waals surface area contributed by atoms with Gasteiger partial charge in [0.25, 0.3) is 10.0 Å². The average Bonchev–Trinajstić information content (AvgIpc) is 2.42. The summed E-state index contributed by atoms with van der Waals surface area (Å²) in [7, 11) is -3.68. The maximum atomic E-state index is 12.4. The summed E-state index contributed by atoms with van der Waals surface area (Å²) in [6.45, 7) is 3.58. The minimum atomic E-state index is -3.68. The number of aryl methyl sites for hydroxylation is 2. The SMILES string of the molecule is Cc1ccc(S(=O)(=O)Nc2cc(C)c(O)c(Br)c2Br)cc1. The zero-order valence-electron chi connectivity index (χ0n) is 11.3. The van der Waals surface area contributed by atoms with E-state index >= 15 is 0 Å². The maximum absolute atomic E-state index is 12.4. The summed E-state index contributed by atoms with van der Waals surface area (Å²) in [5.74, 6) is 0.0696. The van der Waals surface area contributed by atoms with E-state index in [1.54, 1.807) is 37.3 Å². The molecule has 21 heavy (non-hydrogen) atoms. The summed E-state index contributed by atoms with van der Waals surface area (Å²) < 4.78 is 28.1. The van der Waals surface area contributed by atoms with Crippen molar-refractivity contribution in [3.63, 3.8) is 0 Å². The van der Waals surface area contributed by atoms with E-state index in [1.165, 1.54) is 0 Å². The molecule has 112 valence electrons. The van der Waals surface area contributed by atoms with Crippen LogP contribution in [0, 0.1) is 13.8 Å². The third-order valence-corrected chi connectivity index (χ3v) is 6.46. The van der Waals surface area contributed by atoms with E-state index in [2.05, 4.69) is 36.6 Å². The summed E-state index contributed by atoms with van der Waals surface area (Å²) in [6, 6.07) is 8.14. The van der Waals surface area contributed by atoms with Crippen LogP contribution in [0.25, 0.3) is 0 Å². The van der Waals surface area contributed by atoms with Crippen LogP contribution in [-0.4, -0.2) is 13.5 Å². The standard InChI is InChI=1S/C14H13Br2NO3S/c1-8-3-5-10(6-4-8)21(19,20)17-11-7-9(2)14(18)13(16)12(11)15/h3-7,17-18H,1-2H3. The Bertz CT molecular complexity index is 787. The van der Waals surface area contributed by atoms with Crippen molar-refractivity contribution in [3.05, 3.63) is 50.4 Å². The van der Waals surface area contributed by atoms with Crippen molar-refractivity contribution in [1.82, 2.24) is 0 Å². The van der Waals surface area contributed by atoms with E-state index < -0.39 is 10.0 Å². The van der Waals surface area contributed by atoms with Crippen molar-refractivity contribution in [3.8, 4) is 5.75 Å². The Labute approximate surface area is 140 Å². The topological polar surface area (TPSA) is 66.4 Å². The molecule has 0 atom stereocenters. The van der Waals surface area contributed by atoms with E-state index in [9.17, 15) is 13.5 Å². The quantitative estimate of drug-likeness (QED) is 0.706. The van der Waals surface area contributed by atoms with Gasteiger partial charge in [0.2, 0.25) is 0 Å². The first-order valence-electron chi connectivity index (χ1n) is 5.99. The van der Waals surface area contributed by atoms with Gasteiger partial charge >= 0.3 is 0 Å². The molecule has 0 heterocycles. The van der Waals surface area contributed by atoms with E-state index in [-0.39, 0.29) is 10.6 Å². The molecule has 2 rings (SSSR count). The molecule has 0 aliphatic rings. The van der Waals surface area contributed by atoms with Crippen LogP contribution in [0.3, 0.4) is 0 Å². The fraction of sp³-hybridized carbons (Fsp3) is 0.143. The largest absolute Gasteiger partial charge is 0.506 e. The van der Waals surface area contributed by atoms with Crippen molar-refractivity contribution >= 4 is 47.6 Å². The highest BCUT2D eigenvalue weighted by Gasteiger charge is 2.18. The number of rotatable bonds is 3. The van der Waals surface area contributed by atoms with Crippen molar-refractivity contribution < 1.29 is 13.5 Å². The Balaban J connectivity index is 2.44. The fourth-order valence-corrected chi connectivity index (χ4v) is 3.86. The molecular weight excluding hydrogens is 422 g/mol. The Kier molecular flexibility index (Phi) is 4.65. The predicted molar refractivity (Wildman–Crippen MR) is 90.2 cm³/mol. The van der Waals surface area contributed by atoms with Gasteiger partial charge in [0.1, 0.15) is 5.75 Å². The van der Waals surface area contributed by atoms with Crippen molar-refractivity contribution in [1.29, 1.82) is 0 Å². The van der Waals surface area contributed by atoms with Gasteiger partial charge in [0.05, 0.1) is 19.5 Å². The second-order valence-corrected chi connectivity index (χ2v) is 7.90. The molecule has 0 bridgehead atoms. The van der Waals surface area contributed by atoms with Gasteiger partial charge < -0.3 is 5.11 Å². The molecule has 0 radical (unpaired) electrons. The predicted octanol–water partition coefficient (Wildman–Crippen LogP) is 4.33. The minimum absolute atomic E-state index is 0.0696. The number of hydrogen-bond acceptors (Lipinski definition) is 3. The molecule has 0 spiro atoms. The highest BCUT2D eigenvalue weighted by atomic mass is 79.9. The van der Waals surface area contributed by atoms with E-state index in [4.69, 9.17) is 0 Å². The number of anilines is 1. The number of phenols is 1. The fourth-order valence-electron chi connectivity index (χ4n) is 1.74. The highest BCUT2D eigenvalue weighted by molar-refractivity contribution is 9.13. The molecule has 0 saturated heterocycles.